The number of rotatable bonds is 4. The Labute approximate surface area is 113 Å². The fraction of sp³-hybridized carbons (Fsp3) is 0.111. The third-order valence-corrected chi connectivity index (χ3v) is 4.42. The topological polar surface area (TPSA) is 114 Å². The molecule has 10 heteroatoms. The smallest absolute Gasteiger partial charge is 0.291 e. The van der Waals surface area contributed by atoms with Gasteiger partial charge in [0.1, 0.15) is 0 Å². The van der Waals surface area contributed by atoms with Gasteiger partial charge >= 0.3 is 0 Å². The highest BCUT2D eigenvalue weighted by Gasteiger charge is 2.20. The molecule has 1 amide bonds. The highest BCUT2D eigenvalue weighted by atomic mass is 32.2. The van der Waals surface area contributed by atoms with Gasteiger partial charge in [0.05, 0.1) is 11.9 Å². The predicted octanol–water partition coefficient (Wildman–Crippen LogP) is 0.692. The summed E-state index contributed by atoms with van der Waals surface area (Å²) in [6, 6.07) is 3.15. The van der Waals surface area contributed by atoms with Crippen molar-refractivity contribution in [2.75, 3.05) is 10.0 Å². The van der Waals surface area contributed by atoms with E-state index in [-0.39, 0.29) is 15.4 Å². The molecule has 0 aliphatic rings. The molecule has 2 N–H and O–H groups in total. The number of carbonyl (C=O) groups is 1. The summed E-state index contributed by atoms with van der Waals surface area (Å²) in [5.74, 6) is -0.347. The zero-order valence-corrected chi connectivity index (χ0v) is 11.3. The largest absolute Gasteiger partial charge is 0.301 e. The molecule has 0 spiro atoms. The fourth-order valence-corrected chi connectivity index (χ4v) is 3.13. The molecule has 0 aliphatic heterocycles. The number of amides is 1. The van der Waals surface area contributed by atoms with Gasteiger partial charge in [-0.3, -0.25) is 14.5 Å². The molecule has 0 bridgehead atoms. The maximum Gasteiger partial charge on any atom is 0.291 e. The van der Waals surface area contributed by atoms with Gasteiger partial charge in [0, 0.05) is 13.1 Å². The van der Waals surface area contributed by atoms with Crippen LogP contribution in [0.15, 0.2) is 28.9 Å². The molecule has 0 aliphatic carbocycles. The van der Waals surface area contributed by atoms with E-state index in [0.29, 0.717) is 5.69 Å². The predicted molar refractivity (Wildman–Crippen MR) is 69.3 cm³/mol. The van der Waals surface area contributed by atoms with E-state index in [9.17, 15) is 13.2 Å². The second kappa shape index (κ2) is 5.28. The molecule has 0 fully saturated rings. The van der Waals surface area contributed by atoms with Crippen LogP contribution in [0.2, 0.25) is 0 Å². The van der Waals surface area contributed by atoms with E-state index < -0.39 is 10.0 Å². The minimum atomic E-state index is -3.82. The summed E-state index contributed by atoms with van der Waals surface area (Å²) in [5.41, 5.74) is 0.318. The van der Waals surface area contributed by atoms with Crippen LogP contribution in [-0.2, 0) is 14.8 Å². The summed E-state index contributed by atoms with van der Waals surface area (Å²) < 4.78 is 26.0. The molecule has 19 heavy (non-hydrogen) atoms. The Hall–Kier alpha value is -2.07. The molecule has 0 radical (unpaired) electrons. The van der Waals surface area contributed by atoms with Crippen molar-refractivity contribution >= 4 is 38.1 Å². The Bertz CT molecular complexity index is 683. The van der Waals surface area contributed by atoms with E-state index >= 15 is 0 Å². The molecule has 2 aromatic rings. The van der Waals surface area contributed by atoms with Crippen molar-refractivity contribution in [2.45, 2.75) is 11.3 Å². The fourth-order valence-electron chi connectivity index (χ4n) is 1.14. The van der Waals surface area contributed by atoms with Gasteiger partial charge in [-0.15, -0.1) is 10.2 Å². The van der Waals surface area contributed by atoms with Crippen molar-refractivity contribution in [2.24, 2.45) is 0 Å². The van der Waals surface area contributed by atoms with Gasteiger partial charge in [0.25, 0.3) is 14.4 Å². The zero-order chi connectivity index (χ0) is 13.9. The molecular formula is C9H9N5O3S2. The molecule has 2 heterocycles. The first-order chi connectivity index (χ1) is 8.97. The van der Waals surface area contributed by atoms with Crippen molar-refractivity contribution in [3.8, 4) is 0 Å². The first-order valence-corrected chi connectivity index (χ1v) is 7.31. The summed E-state index contributed by atoms with van der Waals surface area (Å²) in [6.45, 7) is 1.30. The van der Waals surface area contributed by atoms with Gasteiger partial charge in [-0.2, -0.15) is 8.42 Å². The lowest BCUT2D eigenvalue weighted by Gasteiger charge is -2.03. The second-order valence-corrected chi connectivity index (χ2v) is 6.24. The monoisotopic (exact) mass is 299 g/mol. The van der Waals surface area contributed by atoms with Crippen molar-refractivity contribution in [3.05, 3.63) is 24.5 Å². The second-order valence-electron chi connectivity index (χ2n) is 3.40. The maximum absolute atomic E-state index is 12.0. The van der Waals surface area contributed by atoms with E-state index in [0.717, 1.165) is 11.3 Å². The quantitative estimate of drug-likeness (QED) is 0.803. The van der Waals surface area contributed by atoms with Crippen LogP contribution in [-0.4, -0.2) is 29.5 Å². The number of anilines is 2. The van der Waals surface area contributed by atoms with Crippen LogP contribution in [0.4, 0.5) is 10.8 Å². The van der Waals surface area contributed by atoms with E-state index in [1.807, 2.05) is 0 Å². The van der Waals surface area contributed by atoms with Crippen molar-refractivity contribution in [1.82, 2.24) is 15.2 Å². The lowest BCUT2D eigenvalue weighted by molar-refractivity contribution is -0.114. The molecule has 0 aromatic carbocycles. The minimum Gasteiger partial charge on any atom is -0.301 e. The molecule has 0 atom stereocenters. The van der Waals surface area contributed by atoms with E-state index in [1.165, 1.54) is 19.3 Å². The molecule has 0 saturated heterocycles. The molecule has 0 saturated carbocycles. The van der Waals surface area contributed by atoms with Crippen molar-refractivity contribution in [3.63, 3.8) is 0 Å². The van der Waals surface area contributed by atoms with Gasteiger partial charge in [-0.1, -0.05) is 11.3 Å². The normalized spacial score (nSPS) is 11.0. The Morgan fingerprint density at radius 2 is 2.16 bits per heavy atom. The standard InChI is InChI=1S/C9H9N5O3S2/c1-6(15)11-8-12-13-9(18-8)19(16,17)14-7-3-2-4-10-5-7/h2-5,14H,1H3,(H,11,12,15). The van der Waals surface area contributed by atoms with Gasteiger partial charge < -0.3 is 5.32 Å². The van der Waals surface area contributed by atoms with Gasteiger partial charge in [0.15, 0.2) is 0 Å². The minimum absolute atomic E-state index is 0.124. The van der Waals surface area contributed by atoms with Crippen LogP contribution in [0.25, 0.3) is 0 Å². The van der Waals surface area contributed by atoms with Gasteiger partial charge in [-0.05, 0) is 12.1 Å². The van der Waals surface area contributed by atoms with Crippen molar-refractivity contribution in [1.29, 1.82) is 0 Å². The van der Waals surface area contributed by atoms with E-state index in [2.05, 4.69) is 25.2 Å². The first kappa shape index (κ1) is 13.4. The highest BCUT2D eigenvalue weighted by molar-refractivity contribution is 7.94. The van der Waals surface area contributed by atoms with Crippen LogP contribution in [0.3, 0.4) is 0 Å². The SMILES string of the molecule is CC(=O)Nc1nnc(S(=O)(=O)Nc2cccnc2)s1. The van der Waals surface area contributed by atoms with Gasteiger partial charge in [-0.25, -0.2) is 0 Å². The van der Waals surface area contributed by atoms with Crippen LogP contribution >= 0.6 is 11.3 Å². The number of nitrogens with one attached hydrogen (secondary N) is 2. The first-order valence-electron chi connectivity index (χ1n) is 5.01. The number of sulfonamides is 1. The third-order valence-electron chi connectivity index (χ3n) is 1.83. The van der Waals surface area contributed by atoms with Crippen LogP contribution in [0.1, 0.15) is 6.92 Å². The Morgan fingerprint density at radius 1 is 1.37 bits per heavy atom. The summed E-state index contributed by atoms with van der Waals surface area (Å²) in [5, 5.41) is 9.57. The number of pyridine rings is 1. The van der Waals surface area contributed by atoms with E-state index in [4.69, 9.17) is 0 Å². The maximum atomic E-state index is 12.0. The number of nitrogens with zero attached hydrogens (tertiary/aromatic N) is 3. The van der Waals surface area contributed by atoms with Gasteiger partial charge in [0.2, 0.25) is 11.0 Å². The Balaban J connectivity index is 2.20. The molecule has 0 unspecified atom stereocenters. The van der Waals surface area contributed by atoms with Crippen LogP contribution in [0.5, 0.6) is 0 Å². The van der Waals surface area contributed by atoms with E-state index in [1.54, 1.807) is 12.1 Å². The molecule has 2 rings (SSSR count). The molecule has 100 valence electrons. The Kier molecular flexibility index (Phi) is 3.71. The molecule has 8 nitrogen and oxygen atoms in total. The number of carbonyl (C=O) groups excluding carboxylic acids is 1. The lowest BCUT2D eigenvalue weighted by atomic mass is 10.4. The number of hydrogen-bond donors (Lipinski definition) is 2. The average molecular weight is 299 g/mol. The average Bonchev–Trinajstić information content (AvgIpc) is 2.78. The lowest BCUT2D eigenvalue weighted by Crippen LogP contribution is -2.12. The van der Waals surface area contributed by atoms with Crippen LogP contribution < -0.4 is 10.0 Å². The summed E-state index contributed by atoms with van der Waals surface area (Å²) in [4.78, 5) is 14.6. The third kappa shape index (κ3) is 3.45. The molecular weight excluding hydrogens is 290 g/mol. The Morgan fingerprint density at radius 3 is 2.79 bits per heavy atom. The molecule has 2 aromatic heterocycles. The number of hydrogen-bond acceptors (Lipinski definition) is 7. The highest BCUT2D eigenvalue weighted by Crippen LogP contribution is 2.21. The summed E-state index contributed by atoms with van der Waals surface area (Å²) >= 11 is 0.762. The van der Waals surface area contributed by atoms with Crippen LogP contribution in [0, 0.1) is 0 Å². The summed E-state index contributed by atoms with van der Waals surface area (Å²) in [7, 11) is -3.82. The number of aromatic nitrogens is 3. The zero-order valence-electron chi connectivity index (χ0n) is 9.69. The van der Waals surface area contributed by atoms with Crippen molar-refractivity contribution < 1.29 is 13.2 Å². The summed E-state index contributed by atoms with van der Waals surface area (Å²) in [6.07, 6.45) is 2.89.